The summed E-state index contributed by atoms with van der Waals surface area (Å²) in [6, 6.07) is 1.71. The smallest absolute Gasteiger partial charge is 0.218 e. The average molecular weight is 388 g/mol. The Hall–Kier alpha value is -2.39. The van der Waals surface area contributed by atoms with Gasteiger partial charge in [-0.3, -0.25) is 4.21 Å². The van der Waals surface area contributed by atoms with E-state index in [1.807, 2.05) is 13.8 Å². The van der Waals surface area contributed by atoms with Gasteiger partial charge in [0.2, 0.25) is 5.16 Å². The Morgan fingerprint density at radius 3 is 2.67 bits per heavy atom. The van der Waals surface area contributed by atoms with Crippen LogP contribution in [-0.2, 0) is 28.5 Å². The molecule has 0 amide bonds. The molecule has 2 N–H and O–H groups in total. The third-order valence-electron chi connectivity index (χ3n) is 4.46. The van der Waals surface area contributed by atoms with Gasteiger partial charge in [0, 0.05) is 43.9 Å². The van der Waals surface area contributed by atoms with Crippen molar-refractivity contribution in [2.24, 2.45) is 0 Å². The molecular formula is C18H24N6O2S. The molecule has 3 heterocycles. The standard InChI is InChI=1S/C18H24N6O2S/c1-12-13(2)22-17(19)15-16(12)24(14(23-15)6-10-26-3)9-5-11-27(25)18-20-7-4-8-21-18/h4,7-8H,5-6,9-11H2,1-3H3,(H2,19,22). The van der Waals surface area contributed by atoms with E-state index < -0.39 is 10.8 Å². The molecular weight excluding hydrogens is 364 g/mol. The number of aromatic nitrogens is 5. The first-order valence-electron chi connectivity index (χ1n) is 8.79. The molecule has 0 saturated carbocycles. The average Bonchev–Trinajstić information content (AvgIpc) is 3.04. The summed E-state index contributed by atoms with van der Waals surface area (Å²) < 4.78 is 19.7. The Morgan fingerprint density at radius 2 is 1.96 bits per heavy atom. The van der Waals surface area contributed by atoms with Gasteiger partial charge in [-0.25, -0.2) is 19.9 Å². The van der Waals surface area contributed by atoms with Crippen LogP contribution >= 0.6 is 0 Å². The molecule has 0 saturated heterocycles. The van der Waals surface area contributed by atoms with Gasteiger partial charge in [0.15, 0.2) is 5.82 Å². The SMILES string of the molecule is COCCc1nc2c(N)nc(C)c(C)c2n1CCCS(=O)c1ncccn1. The zero-order valence-electron chi connectivity index (χ0n) is 15.8. The molecule has 0 fully saturated rings. The highest BCUT2D eigenvalue weighted by Crippen LogP contribution is 2.26. The molecule has 1 unspecified atom stereocenters. The van der Waals surface area contributed by atoms with Gasteiger partial charge in [-0.05, 0) is 31.9 Å². The van der Waals surface area contributed by atoms with Crippen molar-refractivity contribution in [2.45, 2.75) is 38.4 Å². The Labute approximate surface area is 160 Å². The van der Waals surface area contributed by atoms with Crippen LogP contribution in [0, 0.1) is 13.8 Å². The molecule has 8 nitrogen and oxygen atoms in total. The number of fused-ring (bicyclic) bond motifs is 1. The van der Waals surface area contributed by atoms with E-state index in [0.29, 0.717) is 42.7 Å². The second-order valence-electron chi connectivity index (χ2n) is 6.26. The number of anilines is 1. The summed E-state index contributed by atoms with van der Waals surface area (Å²) in [7, 11) is 0.446. The lowest BCUT2D eigenvalue weighted by Crippen LogP contribution is -2.11. The fourth-order valence-electron chi connectivity index (χ4n) is 3.02. The van der Waals surface area contributed by atoms with Crippen molar-refractivity contribution in [3.63, 3.8) is 0 Å². The highest BCUT2D eigenvalue weighted by atomic mass is 32.2. The molecule has 0 radical (unpaired) electrons. The third kappa shape index (κ3) is 4.14. The van der Waals surface area contributed by atoms with Crippen molar-refractivity contribution in [3.8, 4) is 0 Å². The van der Waals surface area contributed by atoms with Crippen molar-refractivity contribution in [1.82, 2.24) is 24.5 Å². The number of aryl methyl sites for hydroxylation is 3. The van der Waals surface area contributed by atoms with E-state index in [-0.39, 0.29) is 0 Å². The molecule has 9 heteroatoms. The number of nitrogen functional groups attached to an aromatic ring is 1. The number of nitrogens with zero attached hydrogens (tertiary/aromatic N) is 5. The summed E-state index contributed by atoms with van der Waals surface area (Å²) in [6.45, 7) is 5.22. The molecule has 0 aliphatic heterocycles. The molecule has 1 atom stereocenters. The minimum atomic E-state index is -1.22. The normalized spacial score (nSPS) is 12.6. The third-order valence-corrected chi connectivity index (χ3v) is 5.74. The van der Waals surface area contributed by atoms with E-state index in [4.69, 9.17) is 15.5 Å². The summed E-state index contributed by atoms with van der Waals surface area (Å²) in [5, 5.41) is 0.369. The number of hydrogen-bond donors (Lipinski definition) is 1. The predicted molar refractivity (Wildman–Crippen MR) is 105 cm³/mol. The summed E-state index contributed by atoms with van der Waals surface area (Å²) in [6.07, 6.45) is 4.59. The second-order valence-corrected chi connectivity index (χ2v) is 7.73. The lowest BCUT2D eigenvalue weighted by molar-refractivity contribution is 0.199. The molecule has 0 bridgehead atoms. The first-order valence-corrected chi connectivity index (χ1v) is 10.1. The summed E-state index contributed by atoms with van der Waals surface area (Å²) in [4.78, 5) is 17.2. The molecule has 0 aliphatic rings. The number of pyridine rings is 1. The quantitative estimate of drug-likeness (QED) is 0.586. The van der Waals surface area contributed by atoms with Gasteiger partial charge in [0.05, 0.1) is 22.9 Å². The lowest BCUT2D eigenvalue weighted by Gasteiger charge is -2.11. The maximum atomic E-state index is 12.4. The van der Waals surface area contributed by atoms with E-state index in [1.165, 1.54) is 0 Å². The van der Waals surface area contributed by atoms with Crippen molar-refractivity contribution < 1.29 is 8.95 Å². The van der Waals surface area contributed by atoms with E-state index in [0.717, 1.165) is 28.1 Å². The fourth-order valence-corrected chi connectivity index (χ4v) is 3.95. The van der Waals surface area contributed by atoms with Crippen LogP contribution in [0.2, 0.25) is 0 Å². The van der Waals surface area contributed by atoms with E-state index in [1.54, 1.807) is 25.6 Å². The van der Waals surface area contributed by atoms with Crippen LogP contribution in [0.25, 0.3) is 11.0 Å². The van der Waals surface area contributed by atoms with Gasteiger partial charge in [-0.15, -0.1) is 0 Å². The van der Waals surface area contributed by atoms with Crippen LogP contribution in [0.15, 0.2) is 23.6 Å². The molecule has 3 aromatic rings. The van der Waals surface area contributed by atoms with Gasteiger partial charge < -0.3 is 15.0 Å². The summed E-state index contributed by atoms with van der Waals surface area (Å²) >= 11 is 0. The van der Waals surface area contributed by atoms with E-state index in [2.05, 4.69) is 19.5 Å². The number of hydrogen-bond acceptors (Lipinski definition) is 7. The van der Waals surface area contributed by atoms with Gasteiger partial charge in [-0.2, -0.15) is 0 Å². The zero-order valence-corrected chi connectivity index (χ0v) is 16.6. The van der Waals surface area contributed by atoms with Crippen LogP contribution in [0.1, 0.15) is 23.5 Å². The van der Waals surface area contributed by atoms with Gasteiger partial charge in [0.1, 0.15) is 11.3 Å². The number of nitrogens with two attached hydrogens (primary N) is 1. The maximum Gasteiger partial charge on any atom is 0.218 e. The van der Waals surface area contributed by atoms with Crippen LogP contribution in [0.5, 0.6) is 0 Å². The minimum absolute atomic E-state index is 0.369. The summed E-state index contributed by atoms with van der Waals surface area (Å²) in [5.74, 6) is 1.81. The number of rotatable bonds is 8. The number of imidazole rings is 1. The Kier molecular flexibility index (Phi) is 6.12. The van der Waals surface area contributed by atoms with Gasteiger partial charge in [-0.1, -0.05) is 0 Å². The molecule has 0 aliphatic carbocycles. The second kappa shape index (κ2) is 8.53. The molecule has 0 aromatic carbocycles. The highest BCUT2D eigenvalue weighted by molar-refractivity contribution is 7.84. The first kappa shape index (κ1) is 19.4. The van der Waals surface area contributed by atoms with Crippen LogP contribution in [-0.4, -0.2) is 48.2 Å². The van der Waals surface area contributed by atoms with Crippen LogP contribution in [0.3, 0.4) is 0 Å². The van der Waals surface area contributed by atoms with Crippen LogP contribution < -0.4 is 5.73 Å². The molecule has 144 valence electrons. The van der Waals surface area contributed by atoms with Crippen molar-refractivity contribution in [3.05, 3.63) is 35.5 Å². The Balaban J connectivity index is 1.86. The molecule has 0 spiro atoms. The molecule has 3 rings (SSSR count). The van der Waals surface area contributed by atoms with Crippen molar-refractivity contribution in [2.75, 3.05) is 25.2 Å². The van der Waals surface area contributed by atoms with E-state index in [9.17, 15) is 4.21 Å². The summed E-state index contributed by atoms with van der Waals surface area (Å²) in [5.41, 5.74) is 9.77. The zero-order chi connectivity index (χ0) is 19.4. The Bertz CT molecular complexity index is 958. The van der Waals surface area contributed by atoms with Crippen LogP contribution in [0.4, 0.5) is 5.82 Å². The Morgan fingerprint density at radius 1 is 1.22 bits per heavy atom. The number of methoxy groups -OCH3 is 1. The fraction of sp³-hybridized carbons (Fsp3) is 0.444. The van der Waals surface area contributed by atoms with Gasteiger partial charge >= 0.3 is 0 Å². The van der Waals surface area contributed by atoms with Crippen molar-refractivity contribution in [1.29, 1.82) is 0 Å². The lowest BCUT2D eigenvalue weighted by atomic mass is 10.2. The van der Waals surface area contributed by atoms with Gasteiger partial charge in [0.25, 0.3) is 0 Å². The van der Waals surface area contributed by atoms with E-state index >= 15 is 0 Å². The first-order chi connectivity index (χ1) is 13.0. The van der Waals surface area contributed by atoms with Crippen molar-refractivity contribution >= 4 is 27.7 Å². The predicted octanol–water partition coefficient (Wildman–Crippen LogP) is 1.81. The number of ether oxygens (including phenoxy) is 1. The minimum Gasteiger partial charge on any atom is -0.384 e. The molecule has 3 aromatic heterocycles. The maximum absolute atomic E-state index is 12.4. The highest BCUT2D eigenvalue weighted by Gasteiger charge is 2.18. The largest absolute Gasteiger partial charge is 0.384 e. The topological polar surface area (TPSA) is 109 Å². The molecule has 27 heavy (non-hydrogen) atoms. The monoisotopic (exact) mass is 388 g/mol.